The predicted octanol–water partition coefficient (Wildman–Crippen LogP) is 0.424. The number of halogens is 1. The zero-order chi connectivity index (χ0) is 25.9. The molecule has 0 bridgehead atoms. The van der Waals surface area contributed by atoms with Gasteiger partial charge in [-0.1, -0.05) is 26.8 Å². The number of ether oxygens (including phenoxy) is 3. The molecule has 3 rings (SSSR count). The fraction of sp³-hybridized carbons (Fsp3) is 0.792. The van der Waals surface area contributed by atoms with Gasteiger partial charge in [-0.2, -0.15) is 0 Å². The van der Waals surface area contributed by atoms with Crippen molar-refractivity contribution in [1.82, 2.24) is 0 Å². The number of hydrogen-bond acceptors (Lipinski definition) is 10. The van der Waals surface area contributed by atoms with Gasteiger partial charge in [0, 0.05) is 17.8 Å². The smallest absolute Gasteiger partial charge is 0.344 e. The van der Waals surface area contributed by atoms with Crippen molar-refractivity contribution >= 4 is 30.1 Å². The van der Waals surface area contributed by atoms with Gasteiger partial charge >= 0.3 is 11.9 Å². The summed E-state index contributed by atoms with van der Waals surface area (Å²) in [4.78, 5) is 37.8. The molecule has 0 aromatic carbocycles. The maximum Gasteiger partial charge on any atom is 0.344 e. The van der Waals surface area contributed by atoms with Crippen molar-refractivity contribution < 1.29 is 43.9 Å². The third-order valence-corrected chi connectivity index (χ3v) is 8.50. The molecule has 8 atom stereocenters. The highest BCUT2D eigenvalue weighted by Crippen LogP contribution is 2.67. The second kappa shape index (κ2) is 9.39. The van der Waals surface area contributed by atoms with E-state index in [1.807, 2.05) is 13.8 Å². The molecule has 35 heavy (non-hydrogen) atoms. The lowest BCUT2D eigenvalue weighted by atomic mass is 9.40. The molecule has 11 heteroatoms. The van der Waals surface area contributed by atoms with E-state index in [2.05, 4.69) is 6.58 Å². The first kappa shape index (κ1) is 29.7. The Morgan fingerprint density at radius 2 is 1.80 bits per heavy atom. The number of ketones is 1. The summed E-state index contributed by atoms with van der Waals surface area (Å²) in [7, 11) is 0. The molecule has 0 radical (unpaired) electrons. The summed E-state index contributed by atoms with van der Waals surface area (Å²) in [6.45, 7) is 10.9. The zero-order valence-corrected chi connectivity index (χ0v) is 21.7. The summed E-state index contributed by atoms with van der Waals surface area (Å²) < 4.78 is 16.6. The van der Waals surface area contributed by atoms with E-state index in [-0.39, 0.29) is 18.8 Å². The summed E-state index contributed by atoms with van der Waals surface area (Å²) in [6.07, 6.45) is -2.07. The van der Waals surface area contributed by atoms with Crippen molar-refractivity contribution in [2.75, 3.05) is 13.2 Å². The Hall–Kier alpha value is -1.56. The Balaban J connectivity index is 0.00000432. The zero-order valence-electron chi connectivity index (χ0n) is 20.9. The third-order valence-electron chi connectivity index (χ3n) is 8.50. The minimum atomic E-state index is -2.32. The number of fused-ring (bicyclic) bond motifs is 3. The van der Waals surface area contributed by atoms with Gasteiger partial charge in [-0.25, -0.2) is 4.79 Å². The van der Waals surface area contributed by atoms with E-state index < -0.39 is 82.7 Å². The van der Waals surface area contributed by atoms with Gasteiger partial charge in [0.1, 0.15) is 5.60 Å². The van der Waals surface area contributed by atoms with Crippen molar-refractivity contribution in [3.05, 3.63) is 12.7 Å². The van der Waals surface area contributed by atoms with Crippen LogP contribution in [-0.4, -0.2) is 81.3 Å². The quantitative estimate of drug-likeness (QED) is 0.295. The lowest BCUT2D eigenvalue weighted by Crippen LogP contribution is -2.86. The van der Waals surface area contributed by atoms with Gasteiger partial charge in [-0.3, -0.25) is 9.59 Å². The number of Topliss-reactive ketones (excluding diaryl/α,β-unsaturated/α-hetero) is 1. The van der Waals surface area contributed by atoms with E-state index in [0.29, 0.717) is 12.8 Å². The van der Waals surface area contributed by atoms with Crippen molar-refractivity contribution in [2.24, 2.45) is 22.5 Å². The molecule has 3 fully saturated rings. The highest BCUT2D eigenvalue weighted by molar-refractivity contribution is 5.92. The van der Waals surface area contributed by atoms with Crippen LogP contribution in [0.5, 0.6) is 0 Å². The molecule has 200 valence electrons. The van der Waals surface area contributed by atoms with Crippen LogP contribution in [-0.2, 0) is 28.6 Å². The Labute approximate surface area is 211 Å². The van der Waals surface area contributed by atoms with Crippen LogP contribution in [0.4, 0.5) is 0 Å². The number of esters is 2. The largest absolute Gasteiger partial charge is 0.454 e. The van der Waals surface area contributed by atoms with Crippen LogP contribution in [0.25, 0.3) is 0 Å². The maximum absolute atomic E-state index is 13.7. The van der Waals surface area contributed by atoms with E-state index in [4.69, 9.17) is 19.9 Å². The van der Waals surface area contributed by atoms with E-state index >= 15 is 0 Å². The molecule has 2 saturated carbocycles. The SMILES string of the molecule is C=C[C@@]1(C)CC(=O)[C@]2(O)[C@@]3(C)[C@@H](O)CCC(C)(C)[C@@H]3[C@H](O)[C@H](OC(=O)COC(=O)CN)[C@@]2(C)O1.Cl. The summed E-state index contributed by atoms with van der Waals surface area (Å²) >= 11 is 0. The molecule has 0 amide bonds. The van der Waals surface area contributed by atoms with Crippen molar-refractivity contribution in [2.45, 2.75) is 89.0 Å². The molecular formula is C24H38ClNO9. The fourth-order valence-corrected chi connectivity index (χ4v) is 6.85. The van der Waals surface area contributed by atoms with Gasteiger partial charge < -0.3 is 35.3 Å². The first-order chi connectivity index (χ1) is 15.5. The van der Waals surface area contributed by atoms with E-state index in [1.165, 1.54) is 13.0 Å². The Morgan fingerprint density at radius 1 is 1.20 bits per heavy atom. The number of aliphatic hydroxyl groups is 3. The molecule has 1 saturated heterocycles. The Bertz CT molecular complexity index is 896. The van der Waals surface area contributed by atoms with Crippen LogP contribution < -0.4 is 5.73 Å². The highest BCUT2D eigenvalue weighted by Gasteiger charge is 2.81. The number of carbonyl (C=O) groups excluding carboxylic acids is 3. The number of hydrogen-bond donors (Lipinski definition) is 4. The number of carbonyl (C=O) groups is 3. The summed E-state index contributed by atoms with van der Waals surface area (Å²) in [5, 5.41) is 35.1. The summed E-state index contributed by atoms with van der Waals surface area (Å²) in [5.41, 5.74) is -2.47. The molecule has 2 aliphatic carbocycles. The molecule has 0 unspecified atom stereocenters. The number of rotatable bonds is 5. The van der Waals surface area contributed by atoms with Crippen LogP contribution in [0.3, 0.4) is 0 Å². The molecule has 0 aromatic heterocycles. The van der Waals surface area contributed by atoms with Gasteiger partial charge in [0.25, 0.3) is 0 Å². The summed E-state index contributed by atoms with van der Waals surface area (Å²) in [6, 6.07) is 0. The van der Waals surface area contributed by atoms with Crippen molar-refractivity contribution in [3.8, 4) is 0 Å². The minimum Gasteiger partial charge on any atom is -0.454 e. The van der Waals surface area contributed by atoms with E-state index in [9.17, 15) is 29.7 Å². The average Bonchev–Trinajstić information content (AvgIpc) is 2.75. The molecule has 0 aromatic rings. The van der Waals surface area contributed by atoms with Gasteiger partial charge in [-0.15, -0.1) is 19.0 Å². The molecule has 3 aliphatic rings. The van der Waals surface area contributed by atoms with E-state index in [1.54, 1.807) is 13.8 Å². The molecule has 5 N–H and O–H groups in total. The van der Waals surface area contributed by atoms with Crippen molar-refractivity contribution in [3.63, 3.8) is 0 Å². The second-order valence-corrected chi connectivity index (χ2v) is 11.1. The average molecular weight is 520 g/mol. The third kappa shape index (κ3) is 4.12. The normalized spacial score (nSPS) is 44.2. The van der Waals surface area contributed by atoms with Gasteiger partial charge in [-0.05, 0) is 32.1 Å². The monoisotopic (exact) mass is 519 g/mol. The number of nitrogens with two attached hydrogens (primary N) is 1. The highest BCUT2D eigenvalue weighted by atomic mass is 35.5. The minimum absolute atomic E-state index is 0. The maximum atomic E-state index is 13.7. The first-order valence-corrected chi connectivity index (χ1v) is 11.5. The lowest BCUT2D eigenvalue weighted by molar-refractivity contribution is -0.370. The first-order valence-electron chi connectivity index (χ1n) is 11.5. The standard InChI is InChI=1S/C24H37NO9.ClH/c1-7-21(4)10-14(27)24(31)22(5)13(26)8-9-20(2,3)18(22)17(30)19(23(24,6)34-21)33-16(29)12-32-15(28)11-25;/h7,13,17-19,26,30-31H,1,8-12,25H2,2-6H3;1H/t13-,17-,18-,19-,21-,22-,23+,24-;/m0./s1. The van der Waals surface area contributed by atoms with Crippen LogP contribution >= 0.6 is 12.4 Å². The topological polar surface area (TPSA) is 166 Å². The molecule has 10 nitrogen and oxygen atoms in total. The Morgan fingerprint density at radius 3 is 2.34 bits per heavy atom. The van der Waals surface area contributed by atoms with E-state index in [0.717, 1.165) is 0 Å². The fourth-order valence-electron chi connectivity index (χ4n) is 6.85. The second-order valence-electron chi connectivity index (χ2n) is 11.1. The van der Waals surface area contributed by atoms with Crippen LogP contribution in [0.15, 0.2) is 12.7 Å². The van der Waals surface area contributed by atoms with Gasteiger partial charge in [0.15, 0.2) is 24.1 Å². The molecule has 0 spiro atoms. The van der Waals surface area contributed by atoms with Gasteiger partial charge in [0.05, 0.1) is 24.4 Å². The lowest BCUT2D eigenvalue weighted by Gasteiger charge is -2.71. The van der Waals surface area contributed by atoms with Crippen LogP contribution in [0, 0.1) is 16.7 Å². The molecule has 1 aliphatic heterocycles. The molecular weight excluding hydrogens is 482 g/mol. The van der Waals surface area contributed by atoms with Gasteiger partial charge in [0.2, 0.25) is 0 Å². The number of aliphatic hydroxyl groups excluding tert-OH is 2. The van der Waals surface area contributed by atoms with Crippen LogP contribution in [0.1, 0.15) is 53.9 Å². The predicted molar refractivity (Wildman–Crippen MR) is 126 cm³/mol. The molecule has 1 heterocycles. The van der Waals surface area contributed by atoms with Crippen LogP contribution in [0.2, 0.25) is 0 Å². The summed E-state index contributed by atoms with van der Waals surface area (Å²) in [5.74, 6) is -3.27. The Kier molecular flexibility index (Phi) is 7.96. The van der Waals surface area contributed by atoms with Crippen molar-refractivity contribution in [1.29, 1.82) is 0 Å².